The van der Waals surface area contributed by atoms with Crippen molar-refractivity contribution in [1.29, 1.82) is 0 Å². The van der Waals surface area contributed by atoms with Gasteiger partial charge in [0, 0.05) is 20.8 Å². The van der Waals surface area contributed by atoms with E-state index in [0.717, 1.165) is 12.8 Å². The molecule has 80 valence electrons. The van der Waals surface area contributed by atoms with Crippen LogP contribution in [0.25, 0.3) is 0 Å². The van der Waals surface area contributed by atoms with Crippen molar-refractivity contribution in [3.63, 3.8) is 0 Å². The van der Waals surface area contributed by atoms with Crippen LogP contribution in [0.3, 0.4) is 0 Å². The van der Waals surface area contributed by atoms with Gasteiger partial charge in [-0.2, -0.15) is 0 Å². The molecule has 0 heterocycles. The van der Waals surface area contributed by atoms with Gasteiger partial charge in [-0.05, 0) is 12.8 Å². The predicted octanol–water partition coefficient (Wildman–Crippen LogP) is 1.34. The van der Waals surface area contributed by atoms with Crippen molar-refractivity contribution >= 4 is 8.80 Å². The Morgan fingerprint density at radius 3 is 1.77 bits per heavy atom. The molecule has 4 nitrogen and oxygen atoms in total. The predicted molar refractivity (Wildman–Crippen MR) is 54.2 cm³/mol. The maximum absolute atomic E-state index is 5.99. The van der Waals surface area contributed by atoms with E-state index in [1.54, 1.807) is 14.2 Å². The number of rotatable bonds is 6. The maximum Gasteiger partial charge on any atom is 0.498 e. The Labute approximate surface area is 81.7 Å². The highest BCUT2D eigenvalue weighted by Gasteiger charge is 2.39. The molecular formula is C8H21NO3Si. The summed E-state index contributed by atoms with van der Waals surface area (Å²) >= 11 is 0. The zero-order valence-electron chi connectivity index (χ0n) is 9.22. The molecule has 5 heteroatoms. The summed E-state index contributed by atoms with van der Waals surface area (Å²) in [6, 6.07) is 0. The Morgan fingerprint density at radius 2 is 1.54 bits per heavy atom. The minimum atomic E-state index is -2.50. The summed E-state index contributed by atoms with van der Waals surface area (Å²) < 4.78 is 16.1. The van der Waals surface area contributed by atoms with Crippen LogP contribution in [0.15, 0.2) is 0 Å². The molecule has 0 aliphatic carbocycles. The van der Waals surface area contributed by atoms with Gasteiger partial charge in [0.15, 0.2) is 0 Å². The highest BCUT2D eigenvalue weighted by molar-refractivity contribution is 6.59. The number of hydrogen-bond acceptors (Lipinski definition) is 4. The third kappa shape index (κ3) is 3.74. The third-order valence-corrected chi connectivity index (χ3v) is 4.59. The second-order valence-electron chi connectivity index (χ2n) is 3.14. The second-order valence-corrected chi connectivity index (χ2v) is 5.89. The lowest BCUT2D eigenvalue weighted by Gasteiger charge is -2.34. The first-order chi connectivity index (χ1) is 5.95. The number of nitrogens with two attached hydrogens (primary N) is 1. The van der Waals surface area contributed by atoms with E-state index < -0.39 is 14.5 Å². The average molecular weight is 207 g/mol. The topological polar surface area (TPSA) is 53.7 Å². The molecule has 0 saturated carbocycles. The summed E-state index contributed by atoms with van der Waals surface area (Å²) in [6.45, 7) is 5.81. The molecule has 0 aromatic rings. The van der Waals surface area contributed by atoms with Crippen LogP contribution in [0.2, 0.25) is 6.55 Å². The quantitative estimate of drug-likeness (QED) is 0.527. The lowest BCUT2D eigenvalue weighted by Crippen LogP contribution is -2.54. The van der Waals surface area contributed by atoms with E-state index in [0.29, 0.717) is 0 Å². The molecule has 0 unspecified atom stereocenters. The van der Waals surface area contributed by atoms with Gasteiger partial charge in [-0.15, -0.1) is 0 Å². The van der Waals surface area contributed by atoms with Crippen molar-refractivity contribution < 1.29 is 13.3 Å². The minimum Gasteiger partial charge on any atom is -0.377 e. The largest absolute Gasteiger partial charge is 0.498 e. The van der Waals surface area contributed by atoms with Crippen molar-refractivity contribution in [3.05, 3.63) is 0 Å². The van der Waals surface area contributed by atoms with Crippen molar-refractivity contribution in [1.82, 2.24) is 0 Å². The molecule has 0 spiro atoms. The van der Waals surface area contributed by atoms with Gasteiger partial charge >= 0.3 is 8.80 Å². The standard InChI is InChI=1S/C8H21NO3Si/c1-6-8(9,7-2)12-13(5,10-3)11-4/h6-7,9H2,1-5H3. The molecule has 0 rings (SSSR count). The van der Waals surface area contributed by atoms with Crippen LogP contribution >= 0.6 is 0 Å². The van der Waals surface area contributed by atoms with Crippen LogP contribution in [-0.4, -0.2) is 28.7 Å². The van der Waals surface area contributed by atoms with Crippen LogP contribution in [0.5, 0.6) is 0 Å². The zero-order valence-corrected chi connectivity index (χ0v) is 10.2. The molecule has 0 aromatic carbocycles. The Balaban J connectivity index is 4.36. The summed E-state index contributed by atoms with van der Waals surface area (Å²) in [5.41, 5.74) is 5.37. The van der Waals surface area contributed by atoms with E-state index in [9.17, 15) is 0 Å². The molecule has 2 N–H and O–H groups in total. The van der Waals surface area contributed by atoms with E-state index in [1.165, 1.54) is 0 Å². The second kappa shape index (κ2) is 5.07. The fraction of sp³-hybridized carbons (Fsp3) is 1.00. The molecule has 0 bridgehead atoms. The minimum absolute atomic E-state index is 0.618. The van der Waals surface area contributed by atoms with Gasteiger partial charge < -0.3 is 19.0 Å². The first kappa shape index (κ1) is 13.1. The molecule has 0 aliphatic heterocycles. The van der Waals surface area contributed by atoms with Crippen LogP contribution in [0.1, 0.15) is 26.7 Å². The molecule has 0 saturated heterocycles. The fourth-order valence-electron chi connectivity index (χ4n) is 0.930. The molecule has 0 fully saturated rings. The highest BCUT2D eigenvalue weighted by atomic mass is 28.4. The van der Waals surface area contributed by atoms with E-state index in [1.807, 2.05) is 20.4 Å². The van der Waals surface area contributed by atoms with Crippen LogP contribution in [0, 0.1) is 0 Å². The van der Waals surface area contributed by atoms with Gasteiger partial charge in [0.25, 0.3) is 0 Å². The van der Waals surface area contributed by atoms with Crippen LogP contribution < -0.4 is 5.73 Å². The summed E-state index contributed by atoms with van der Waals surface area (Å²) in [4.78, 5) is 0. The van der Waals surface area contributed by atoms with Gasteiger partial charge in [0.05, 0.1) is 0 Å². The molecule has 0 aliphatic rings. The average Bonchev–Trinajstić information content (AvgIpc) is 2.17. The highest BCUT2D eigenvalue weighted by Crippen LogP contribution is 2.20. The first-order valence-electron chi connectivity index (χ1n) is 4.54. The van der Waals surface area contributed by atoms with Gasteiger partial charge in [-0.1, -0.05) is 13.8 Å². The number of hydrogen-bond donors (Lipinski definition) is 1. The van der Waals surface area contributed by atoms with Gasteiger partial charge in [0.2, 0.25) is 0 Å². The Hall–Kier alpha value is 0.0569. The molecule has 13 heavy (non-hydrogen) atoms. The van der Waals surface area contributed by atoms with Crippen molar-refractivity contribution in [2.75, 3.05) is 14.2 Å². The van der Waals surface area contributed by atoms with Crippen LogP contribution in [0.4, 0.5) is 0 Å². The Morgan fingerprint density at radius 1 is 1.15 bits per heavy atom. The SMILES string of the molecule is CCC(N)(CC)O[Si](C)(OC)OC. The lowest BCUT2D eigenvalue weighted by atomic mass is 10.1. The Kier molecular flexibility index (Phi) is 5.09. The molecule has 0 amide bonds. The zero-order chi connectivity index (χ0) is 10.5. The van der Waals surface area contributed by atoms with Gasteiger partial charge in [-0.3, -0.25) is 0 Å². The van der Waals surface area contributed by atoms with Gasteiger partial charge in [-0.25, -0.2) is 0 Å². The van der Waals surface area contributed by atoms with Crippen LogP contribution in [-0.2, 0) is 13.3 Å². The van der Waals surface area contributed by atoms with E-state index in [2.05, 4.69) is 0 Å². The van der Waals surface area contributed by atoms with E-state index >= 15 is 0 Å². The normalized spacial score (nSPS) is 13.4. The molecule has 0 atom stereocenters. The summed E-state index contributed by atoms with van der Waals surface area (Å²) in [5, 5.41) is 0. The van der Waals surface area contributed by atoms with Crippen molar-refractivity contribution in [2.24, 2.45) is 5.73 Å². The van der Waals surface area contributed by atoms with E-state index in [-0.39, 0.29) is 0 Å². The summed E-state index contributed by atoms with van der Waals surface area (Å²) in [7, 11) is 0.670. The lowest BCUT2D eigenvalue weighted by molar-refractivity contribution is -0.0151. The summed E-state index contributed by atoms with van der Waals surface area (Å²) in [5.74, 6) is 0. The first-order valence-corrected chi connectivity index (χ1v) is 6.77. The maximum atomic E-state index is 5.99. The van der Waals surface area contributed by atoms with Gasteiger partial charge in [0.1, 0.15) is 5.72 Å². The van der Waals surface area contributed by atoms with Crippen molar-refractivity contribution in [2.45, 2.75) is 39.0 Å². The molecular weight excluding hydrogens is 186 g/mol. The monoisotopic (exact) mass is 207 g/mol. The third-order valence-electron chi connectivity index (χ3n) is 2.33. The van der Waals surface area contributed by atoms with E-state index in [4.69, 9.17) is 19.0 Å². The fourth-order valence-corrected chi connectivity index (χ4v) is 2.29. The smallest absolute Gasteiger partial charge is 0.377 e. The summed E-state index contributed by atoms with van der Waals surface area (Å²) in [6.07, 6.45) is 1.50. The van der Waals surface area contributed by atoms with Crippen molar-refractivity contribution in [3.8, 4) is 0 Å². The molecule has 0 aromatic heterocycles. The Bertz CT molecular complexity index is 130. The molecule has 0 radical (unpaired) electrons.